The van der Waals surface area contributed by atoms with Crippen molar-refractivity contribution in [1.82, 2.24) is 0 Å². The molecular formula is C10H8ClNaO2S. The van der Waals surface area contributed by atoms with Gasteiger partial charge in [0.2, 0.25) is 0 Å². The first-order valence-corrected chi connectivity index (χ1v) is 5.45. The third-order valence-electron chi connectivity index (χ3n) is 1.98. The van der Waals surface area contributed by atoms with Crippen molar-refractivity contribution in [3.05, 3.63) is 41.4 Å². The van der Waals surface area contributed by atoms with Gasteiger partial charge in [0.1, 0.15) is 0 Å². The van der Waals surface area contributed by atoms with Crippen LogP contribution in [0.5, 0.6) is 0 Å². The molecule has 0 aliphatic heterocycles. The smallest absolute Gasteiger partial charge is 1.00 e. The molecule has 0 spiro atoms. The van der Waals surface area contributed by atoms with Crippen molar-refractivity contribution in [1.29, 1.82) is 0 Å². The van der Waals surface area contributed by atoms with Crippen molar-refractivity contribution in [2.75, 3.05) is 0 Å². The van der Waals surface area contributed by atoms with Gasteiger partial charge in [-0.1, -0.05) is 23.7 Å². The molecule has 0 saturated heterocycles. The first-order valence-electron chi connectivity index (χ1n) is 3.97. The van der Waals surface area contributed by atoms with Gasteiger partial charge in [0.15, 0.2) is 11.1 Å². The maximum absolute atomic E-state index is 10.8. The molecule has 15 heavy (non-hydrogen) atoms. The van der Waals surface area contributed by atoms with E-state index in [0.717, 1.165) is 10.8 Å². The fourth-order valence-electron chi connectivity index (χ4n) is 1.30. The minimum absolute atomic E-state index is 0. The van der Waals surface area contributed by atoms with Gasteiger partial charge in [0.05, 0.1) is 4.90 Å². The largest absolute Gasteiger partial charge is 1.00 e. The number of fused-ring (bicyclic) bond motifs is 1. The molecule has 0 aliphatic carbocycles. The van der Waals surface area contributed by atoms with Crippen LogP contribution in [-0.2, 0) is 11.1 Å². The molecule has 0 aliphatic rings. The monoisotopic (exact) mass is 250 g/mol. The SMILES string of the molecule is O=S(O)c1ccc2cc(Cl)ccc2c1.[H-].[Na+]. The first-order chi connectivity index (χ1) is 6.66. The summed E-state index contributed by atoms with van der Waals surface area (Å²) in [6.07, 6.45) is 0. The van der Waals surface area contributed by atoms with Crippen LogP contribution in [0.2, 0.25) is 5.02 Å². The van der Waals surface area contributed by atoms with Gasteiger partial charge in [-0.05, 0) is 35.0 Å². The fraction of sp³-hybridized carbons (Fsp3) is 0. The molecule has 1 atom stereocenters. The Morgan fingerprint density at radius 2 is 1.73 bits per heavy atom. The van der Waals surface area contributed by atoms with E-state index in [9.17, 15) is 4.21 Å². The van der Waals surface area contributed by atoms with E-state index in [2.05, 4.69) is 0 Å². The summed E-state index contributed by atoms with van der Waals surface area (Å²) < 4.78 is 19.7. The topological polar surface area (TPSA) is 37.3 Å². The standard InChI is InChI=1S/C10H7ClO2S.Na.H/c11-9-3-1-8-6-10(14(12)13)4-2-7(8)5-9;;/h1-6H,(H,12,13);;/q;+1;-1. The van der Waals surface area contributed by atoms with E-state index in [1.807, 2.05) is 12.1 Å². The van der Waals surface area contributed by atoms with Gasteiger partial charge >= 0.3 is 29.6 Å². The quantitative estimate of drug-likeness (QED) is 0.580. The minimum atomic E-state index is -1.92. The van der Waals surface area contributed by atoms with E-state index in [4.69, 9.17) is 16.2 Å². The maximum Gasteiger partial charge on any atom is 1.00 e. The molecule has 0 saturated carbocycles. The fourth-order valence-corrected chi connectivity index (χ4v) is 1.90. The van der Waals surface area contributed by atoms with Crippen LogP contribution < -0.4 is 29.6 Å². The van der Waals surface area contributed by atoms with Crippen molar-refractivity contribution in [2.45, 2.75) is 4.90 Å². The average molecular weight is 251 g/mol. The number of rotatable bonds is 1. The summed E-state index contributed by atoms with van der Waals surface area (Å²) in [7, 11) is 0. The Balaban J connectivity index is 0.00000112. The molecule has 0 heterocycles. The zero-order valence-electron chi connectivity index (χ0n) is 9.11. The van der Waals surface area contributed by atoms with E-state index in [-0.39, 0.29) is 31.0 Å². The Morgan fingerprint density at radius 3 is 2.40 bits per heavy atom. The molecule has 74 valence electrons. The van der Waals surface area contributed by atoms with Crippen molar-refractivity contribution < 1.29 is 39.7 Å². The van der Waals surface area contributed by atoms with E-state index in [1.165, 1.54) is 0 Å². The van der Waals surface area contributed by atoms with Crippen molar-refractivity contribution in [2.24, 2.45) is 0 Å². The molecule has 2 nitrogen and oxygen atoms in total. The van der Waals surface area contributed by atoms with Crippen LogP contribution >= 0.6 is 11.6 Å². The van der Waals surface area contributed by atoms with Gasteiger partial charge < -0.3 is 5.98 Å². The summed E-state index contributed by atoms with van der Waals surface area (Å²) in [6, 6.07) is 10.5. The normalized spacial score (nSPS) is 12.1. The number of halogens is 1. The van der Waals surface area contributed by atoms with Crippen molar-refractivity contribution in [3.8, 4) is 0 Å². The number of hydrogen-bond donors (Lipinski definition) is 1. The molecular weight excluding hydrogens is 243 g/mol. The third-order valence-corrected chi connectivity index (χ3v) is 2.87. The second-order valence-electron chi connectivity index (χ2n) is 2.90. The zero-order chi connectivity index (χ0) is 10.1. The first kappa shape index (κ1) is 13.2. The molecule has 1 N–H and O–H groups in total. The Labute approximate surface area is 119 Å². The van der Waals surface area contributed by atoms with Crippen LogP contribution in [0.4, 0.5) is 0 Å². The minimum Gasteiger partial charge on any atom is -1.00 e. The summed E-state index contributed by atoms with van der Waals surface area (Å²) >= 11 is 3.89. The van der Waals surface area contributed by atoms with Crippen LogP contribution in [0.1, 0.15) is 1.43 Å². The molecule has 2 aromatic carbocycles. The predicted molar refractivity (Wildman–Crippen MR) is 59.1 cm³/mol. The molecule has 2 aromatic rings. The van der Waals surface area contributed by atoms with Crippen molar-refractivity contribution in [3.63, 3.8) is 0 Å². The predicted octanol–water partition coefficient (Wildman–Crippen LogP) is 0.190. The summed E-state index contributed by atoms with van der Waals surface area (Å²) in [5, 5.41) is 2.54. The summed E-state index contributed by atoms with van der Waals surface area (Å²) in [5.41, 5.74) is 0. The molecule has 0 amide bonds. The van der Waals surface area contributed by atoms with Gasteiger partial charge in [0.25, 0.3) is 0 Å². The van der Waals surface area contributed by atoms with E-state index in [1.54, 1.807) is 24.3 Å². The molecule has 2 rings (SSSR count). The van der Waals surface area contributed by atoms with E-state index in [0.29, 0.717) is 9.92 Å². The Morgan fingerprint density at radius 1 is 1.13 bits per heavy atom. The van der Waals surface area contributed by atoms with Gasteiger partial charge in [-0.25, -0.2) is 4.21 Å². The van der Waals surface area contributed by atoms with Gasteiger partial charge in [-0.15, -0.1) is 0 Å². The Hall–Kier alpha value is 0.100. The molecule has 0 aromatic heterocycles. The van der Waals surface area contributed by atoms with Crippen LogP contribution in [-0.4, -0.2) is 8.76 Å². The molecule has 0 radical (unpaired) electrons. The van der Waals surface area contributed by atoms with Crippen LogP contribution in [0.3, 0.4) is 0 Å². The summed E-state index contributed by atoms with van der Waals surface area (Å²) in [6.45, 7) is 0. The van der Waals surface area contributed by atoms with Crippen LogP contribution in [0.25, 0.3) is 10.8 Å². The zero-order valence-corrected chi connectivity index (χ0v) is 11.7. The summed E-state index contributed by atoms with van der Waals surface area (Å²) in [5.74, 6) is 0. The van der Waals surface area contributed by atoms with E-state index >= 15 is 0 Å². The molecule has 0 bridgehead atoms. The van der Waals surface area contributed by atoms with Gasteiger partial charge in [-0.2, -0.15) is 0 Å². The van der Waals surface area contributed by atoms with Gasteiger partial charge in [-0.3, -0.25) is 0 Å². The average Bonchev–Trinajstić information content (AvgIpc) is 2.16. The molecule has 1 unspecified atom stereocenters. The van der Waals surface area contributed by atoms with Crippen LogP contribution in [0, 0.1) is 0 Å². The van der Waals surface area contributed by atoms with E-state index < -0.39 is 11.1 Å². The maximum atomic E-state index is 10.8. The second-order valence-corrected chi connectivity index (χ2v) is 4.31. The second kappa shape index (κ2) is 5.43. The summed E-state index contributed by atoms with van der Waals surface area (Å²) in [4.78, 5) is 0.403. The van der Waals surface area contributed by atoms with Crippen molar-refractivity contribution >= 4 is 33.5 Å². The molecule has 0 fully saturated rings. The van der Waals surface area contributed by atoms with Gasteiger partial charge in [0, 0.05) is 5.02 Å². The number of hydrogen-bond acceptors (Lipinski definition) is 1. The molecule has 5 heteroatoms. The number of benzene rings is 2. The van der Waals surface area contributed by atoms with Crippen LogP contribution in [0.15, 0.2) is 41.3 Å². The Kier molecular flexibility index (Phi) is 4.77. The Bertz CT molecular complexity index is 521. The third kappa shape index (κ3) is 3.03.